The van der Waals surface area contributed by atoms with Gasteiger partial charge in [0.15, 0.2) is 11.6 Å². The lowest BCUT2D eigenvalue weighted by Gasteiger charge is -2.30. The first-order chi connectivity index (χ1) is 7.33. The number of nitrogens with zero attached hydrogens (tertiary/aromatic N) is 2. The fourth-order valence-corrected chi connectivity index (χ4v) is 1.75. The van der Waals surface area contributed by atoms with Crippen molar-refractivity contribution in [2.45, 2.75) is 0 Å². The first-order valence-corrected chi connectivity index (χ1v) is 4.96. The summed E-state index contributed by atoms with van der Waals surface area (Å²) in [6, 6.07) is 0. The molecule has 1 N–H and O–H groups in total. The van der Waals surface area contributed by atoms with Gasteiger partial charge in [-0.1, -0.05) is 0 Å². The van der Waals surface area contributed by atoms with Gasteiger partial charge in [-0.25, -0.2) is 4.39 Å². The number of hydrogen-bond acceptors (Lipinski definition) is 4. The zero-order valence-corrected chi connectivity index (χ0v) is 8.66. The van der Waals surface area contributed by atoms with E-state index in [1.807, 2.05) is 0 Å². The highest BCUT2D eigenvalue weighted by Crippen LogP contribution is 2.29. The minimum Gasteiger partial charge on any atom is -0.491 e. The monoisotopic (exact) mass is 211 g/mol. The number of methoxy groups -OCH3 is 1. The van der Waals surface area contributed by atoms with Gasteiger partial charge in [0.05, 0.1) is 19.5 Å². The second kappa shape index (κ2) is 4.44. The smallest absolute Gasteiger partial charge is 0.185 e. The molecule has 0 aromatic carbocycles. The van der Waals surface area contributed by atoms with Crippen molar-refractivity contribution < 1.29 is 9.13 Å². The van der Waals surface area contributed by atoms with Crippen LogP contribution in [0.5, 0.6) is 5.75 Å². The Morgan fingerprint density at radius 2 is 2.13 bits per heavy atom. The van der Waals surface area contributed by atoms with Crippen LogP contribution in [-0.4, -0.2) is 38.3 Å². The molecule has 0 spiro atoms. The average Bonchev–Trinajstić information content (AvgIpc) is 2.30. The van der Waals surface area contributed by atoms with Crippen molar-refractivity contribution in [1.29, 1.82) is 0 Å². The summed E-state index contributed by atoms with van der Waals surface area (Å²) in [6.07, 6.45) is 2.82. The number of pyridine rings is 1. The van der Waals surface area contributed by atoms with E-state index in [-0.39, 0.29) is 5.75 Å². The third kappa shape index (κ3) is 2.02. The van der Waals surface area contributed by atoms with Gasteiger partial charge in [0, 0.05) is 26.2 Å². The molecule has 0 radical (unpaired) electrons. The lowest BCUT2D eigenvalue weighted by molar-refractivity contribution is 0.384. The molecule has 0 bridgehead atoms. The molecule has 0 atom stereocenters. The molecule has 5 heteroatoms. The molecule has 2 rings (SSSR count). The molecular weight excluding hydrogens is 197 g/mol. The van der Waals surface area contributed by atoms with Crippen molar-refractivity contribution in [1.82, 2.24) is 10.3 Å². The van der Waals surface area contributed by atoms with Crippen LogP contribution < -0.4 is 15.0 Å². The summed E-state index contributed by atoms with van der Waals surface area (Å²) in [4.78, 5) is 5.93. The molecule has 1 saturated heterocycles. The maximum atomic E-state index is 13.4. The van der Waals surface area contributed by atoms with E-state index < -0.39 is 5.82 Å². The van der Waals surface area contributed by atoms with Crippen molar-refractivity contribution >= 4 is 5.69 Å². The van der Waals surface area contributed by atoms with Crippen LogP contribution in [0.4, 0.5) is 10.1 Å². The summed E-state index contributed by atoms with van der Waals surface area (Å²) >= 11 is 0. The first kappa shape index (κ1) is 10.2. The van der Waals surface area contributed by atoms with E-state index >= 15 is 0 Å². The maximum Gasteiger partial charge on any atom is 0.185 e. The summed E-state index contributed by atoms with van der Waals surface area (Å²) in [7, 11) is 1.48. The molecule has 82 valence electrons. The summed E-state index contributed by atoms with van der Waals surface area (Å²) < 4.78 is 18.4. The minimum absolute atomic E-state index is 0.284. The molecule has 15 heavy (non-hydrogen) atoms. The minimum atomic E-state index is -0.409. The number of hydrogen-bond donors (Lipinski definition) is 1. The molecule has 0 saturated carbocycles. The molecule has 0 aliphatic carbocycles. The second-order valence-electron chi connectivity index (χ2n) is 3.41. The van der Waals surface area contributed by atoms with E-state index in [1.54, 1.807) is 6.20 Å². The molecule has 4 nitrogen and oxygen atoms in total. The van der Waals surface area contributed by atoms with Gasteiger partial charge in [-0.2, -0.15) is 0 Å². The van der Waals surface area contributed by atoms with Gasteiger partial charge >= 0.3 is 0 Å². The fourth-order valence-electron chi connectivity index (χ4n) is 1.75. The Morgan fingerprint density at radius 1 is 1.40 bits per heavy atom. The summed E-state index contributed by atoms with van der Waals surface area (Å²) in [5.41, 5.74) is 0.735. The molecule has 1 aromatic heterocycles. The Bertz CT molecular complexity index is 339. The van der Waals surface area contributed by atoms with E-state index in [1.165, 1.54) is 13.3 Å². The molecule has 0 unspecified atom stereocenters. The zero-order chi connectivity index (χ0) is 10.7. The lowest BCUT2D eigenvalue weighted by Crippen LogP contribution is -2.43. The third-order valence-electron chi connectivity index (χ3n) is 2.50. The number of rotatable bonds is 2. The van der Waals surface area contributed by atoms with Crippen LogP contribution in [0.1, 0.15) is 0 Å². The topological polar surface area (TPSA) is 37.4 Å². The SMILES string of the molecule is COc1c(F)cncc1N1CCNCC1. The van der Waals surface area contributed by atoms with Gasteiger partial charge in [0.2, 0.25) is 0 Å². The molecule has 1 aliphatic heterocycles. The molecule has 2 heterocycles. The van der Waals surface area contributed by atoms with E-state index in [4.69, 9.17) is 4.74 Å². The van der Waals surface area contributed by atoms with E-state index in [9.17, 15) is 4.39 Å². The summed E-state index contributed by atoms with van der Waals surface area (Å²) in [5, 5.41) is 3.24. The normalized spacial score (nSPS) is 16.5. The highest BCUT2D eigenvalue weighted by Gasteiger charge is 2.17. The van der Waals surface area contributed by atoms with Gasteiger partial charge in [0.1, 0.15) is 5.69 Å². The lowest BCUT2D eigenvalue weighted by atomic mass is 10.3. The number of halogens is 1. The van der Waals surface area contributed by atoms with Crippen molar-refractivity contribution in [2.75, 3.05) is 38.2 Å². The second-order valence-corrected chi connectivity index (χ2v) is 3.41. The molecule has 0 amide bonds. The number of piperazine rings is 1. The van der Waals surface area contributed by atoms with Crippen molar-refractivity contribution in [2.24, 2.45) is 0 Å². The molecule has 1 aliphatic rings. The standard InChI is InChI=1S/C10H14FN3O/c1-15-10-8(11)6-13-7-9(10)14-4-2-12-3-5-14/h6-7,12H,2-5H2,1H3. The number of aromatic nitrogens is 1. The van der Waals surface area contributed by atoms with Gasteiger partial charge < -0.3 is 15.0 Å². The number of nitrogens with one attached hydrogen (secondary N) is 1. The third-order valence-corrected chi connectivity index (χ3v) is 2.50. The quantitative estimate of drug-likeness (QED) is 0.779. The van der Waals surface area contributed by atoms with Crippen molar-refractivity contribution in [3.8, 4) is 5.75 Å². The van der Waals surface area contributed by atoms with Gasteiger partial charge in [-0.05, 0) is 0 Å². The van der Waals surface area contributed by atoms with Crippen LogP contribution >= 0.6 is 0 Å². The van der Waals surface area contributed by atoms with E-state index in [0.29, 0.717) is 0 Å². The van der Waals surface area contributed by atoms with Crippen LogP contribution in [0.3, 0.4) is 0 Å². The summed E-state index contributed by atoms with van der Waals surface area (Å²) in [5.74, 6) is -0.125. The predicted octanol–water partition coefficient (Wildman–Crippen LogP) is 0.639. The van der Waals surface area contributed by atoms with Crippen molar-refractivity contribution in [3.63, 3.8) is 0 Å². The van der Waals surface area contributed by atoms with E-state index in [2.05, 4.69) is 15.2 Å². The highest BCUT2D eigenvalue weighted by atomic mass is 19.1. The van der Waals surface area contributed by atoms with Crippen LogP contribution in [0.15, 0.2) is 12.4 Å². The van der Waals surface area contributed by atoms with E-state index in [0.717, 1.165) is 31.9 Å². The number of anilines is 1. The van der Waals surface area contributed by atoms with Gasteiger partial charge in [0.25, 0.3) is 0 Å². The molecule has 1 aromatic rings. The Hall–Kier alpha value is -1.36. The van der Waals surface area contributed by atoms with Crippen LogP contribution in [0.2, 0.25) is 0 Å². The Balaban J connectivity index is 2.29. The van der Waals surface area contributed by atoms with Gasteiger partial charge in [-0.15, -0.1) is 0 Å². The summed E-state index contributed by atoms with van der Waals surface area (Å²) in [6.45, 7) is 3.50. The predicted molar refractivity (Wildman–Crippen MR) is 55.8 cm³/mol. The first-order valence-electron chi connectivity index (χ1n) is 4.96. The molecular formula is C10H14FN3O. The van der Waals surface area contributed by atoms with Crippen LogP contribution in [0.25, 0.3) is 0 Å². The van der Waals surface area contributed by atoms with Gasteiger partial charge in [-0.3, -0.25) is 4.98 Å². The largest absolute Gasteiger partial charge is 0.491 e. The average molecular weight is 211 g/mol. The van der Waals surface area contributed by atoms with Crippen LogP contribution in [0, 0.1) is 5.82 Å². The number of ether oxygens (including phenoxy) is 1. The Labute approximate surface area is 88.1 Å². The fraction of sp³-hybridized carbons (Fsp3) is 0.500. The molecule has 1 fully saturated rings. The van der Waals surface area contributed by atoms with Crippen molar-refractivity contribution in [3.05, 3.63) is 18.2 Å². The highest BCUT2D eigenvalue weighted by molar-refractivity contribution is 5.57. The Morgan fingerprint density at radius 3 is 2.80 bits per heavy atom. The Kier molecular flexibility index (Phi) is 3.01. The maximum absolute atomic E-state index is 13.4. The zero-order valence-electron chi connectivity index (χ0n) is 8.66. The van der Waals surface area contributed by atoms with Crippen LogP contribution in [-0.2, 0) is 0 Å².